The number of hydrogen-bond acceptors (Lipinski definition) is 5. The topological polar surface area (TPSA) is 114 Å². The van der Waals surface area contributed by atoms with Gasteiger partial charge in [0.15, 0.2) is 0 Å². The first kappa shape index (κ1) is 26.4. The highest BCUT2D eigenvalue weighted by Crippen LogP contribution is 2.42. The summed E-state index contributed by atoms with van der Waals surface area (Å²) in [6.45, 7) is 4.09. The van der Waals surface area contributed by atoms with E-state index in [1.54, 1.807) is 36.4 Å². The standard InChI is InChI=1S/C26H25F3N4O3S/c1-15(2)14-31-22-12-24-23(11-20(22)26(27,28)29)33-25(34)13-21(32-24)18-7-3-5-16(9-18)17-6-4-8-19(10-17)37(30,35)36/h3-12,15,31H,13-14H2,1-2H3,(H,33,34)(H2,30,35,36). The van der Waals surface area contributed by atoms with Crippen LogP contribution in [0.2, 0.25) is 0 Å². The summed E-state index contributed by atoms with van der Waals surface area (Å²) in [5, 5.41) is 10.6. The largest absolute Gasteiger partial charge is 0.418 e. The minimum Gasteiger partial charge on any atom is -0.384 e. The van der Waals surface area contributed by atoms with Crippen LogP contribution in [0.5, 0.6) is 0 Å². The summed E-state index contributed by atoms with van der Waals surface area (Å²) in [4.78, 5) is 17.2. The zero-order chi connectivity index (χ0) is 27.0. The van der Waals surface area contributed by atoms with Gasteiger partial charge >= 0.3 is 6.18 Å². The molecule has 1 amide bonds. The van der Waals surface area contributed by atoms with Crippen molar-refractivity contribution in [2.75, 3.05) is 17.2 Å². The van der Waals surface area contributed by atoms with E-state index in [4.69, 9.17) is 5.14 Å². The van der Waals surface area contributed by atoms with Gasteiger partial charge in [-0.3, -0.25) is 9.79 Å². The van der Waals surface area contributed by atoms with E-state index in [1.165, 1.54) is 18.2 Å². The molecule has 0 spiro atoms. The fraction of sp³-hybridized carbons (Fsp3) is 0.231. The van der Waals surface area contributed by atoms with Crippen LogP contribution in [-0.2, 0) is 21.0 Å². The molecule has 37 heavy (non-hydrogen) atoms. The number of halogens is 3. The summed E-state index contributed by atoms with van der Waals surface area (Å²) in [7, 11) is -3.90. The number of primary sulfonamides is 1. The Balaban J connectivity index is 1.79. The van der Waals surface area contributed by atoms with E-state index in [1.807, 2.05) is 13.8 Å². The van der Waals surface area contributed by atoms with Crippen molar-refractivity contribution < 1.29 is 26.4 Å². The predicted molar refractivity (Wildman–Crippen MR) is 137 cm³/mol. The molecule has 0 radical (unpaired) electrons. The third-order valence-electron chi connectivity index (χ3n) is 5.69. The minimum atomic E-state index is -4.63. The van der Waals surface area contributed by atoms with Crippen molar-refractivity contribution in [3.8, 4) is 11.1 Å². The second-order valence-electron chi connectivity index (χ2n) is 9.12. The quantitative estimate of drug-likeness (QED) is 0.388. The number of carbonyl (C=O) groups excluding carboxylic acids is 1. The fourth-order valence-electron chi connectivity index (χ4n) is 3.90. The van der Waals surface area contributed by atoms with Gasteiger partial charge in [0.1, 0.15) is 0 Å². The van der Waals surface area contributed by atoms with Gasteiger partial charge in [-0.05, 0) is 52.9 Å². The Morgan fingerprint density at radius 1 is 1.03 bits per heavy atom. The summed E-state index contributed by atoms with van der Waals surface area (Å²) in [6.07, 6.45) is -4.79. The summed E-state index contributed by atoms with van der Waals surface area (Å²) >= 11 is 0. The van der Waals surface area contributed by atoms with Crippen molar-refractivity contribution in [3.63, 3.8) is 0 Å². The van der Waals surface area contributed by atoms with E-state index in [0.29, 0.717) is 28.9 Å². The third-order valence-corrected chi connectivity index (χ3v) is 6.60. The van der Waals surface area contributed by atoms with E-state index in [-0.39, 0.29) is 34.3 Å². The van der Waals surface area contributed by atoms with E-state index >= 15 is 0 Å². The van der Waals surface area contributed by atoms with Crippen LogP contribution >= 0.6 is 0 Å². The monoisotopic (exact) mass is 530 g/mol. The van der Waals surface area contributed by atoms with Crippen LogP contribution in [0.25, 0.3) is 11.1 Å². The molecule has 3 aromatic rings. The van der Waals surface area contributed by atoms with Gasteiger partial charge < -0.3 is 10.6 Å². The zero-order valence-corrected chi connectivity index (χ0v) is 20.9. The van der Waals surface area contributed by atoms with Gasteiger partial charge in [0.2, 0.25) is 15.9 Å². The number of benzene rings is 3. The number of amides is 1. The molecule has 1 aliphatic rings. The highest BCUT2D eigenvalue weighted by Gasteiger charge is 2.35. The van der Waals surface area contributed by atoms with Gasteiger partial charge in [-0.25, -0.2) is 13.6 Å². The molecule has 7 nitrogen and oxygen atoms in total. The molecule has 0 saturated heterocycles. The van der Waals surface area contributed by atoms with Crippen molar-refractivity contribution in [3.05, 3.63) is 71.8 Å². The molecule has 4 N–H and O–H groups in total. The second-order valence-corrected chi connectivity index (χ2v) is 10.7. The summed E-state index contributed by atoms with van der Waals surface area (Å²) in [6, 6.07) is 15.3. The first-order valence-electron chi connectivity index (χ1n) is 11.4. The first-order chi connectivity index (χ1) is 17.3. The Bertz CT molecular complexity index is 1500. The molecular formula is C26H25F3N4O3S. The lowest BCUT2D eigenvalue weighted by atomic mass is 9.99. The van der Waals surface area contributed by atoms with E-state index in [9.17, 15) is 26.4 Å². The fourth-order valence-corrected chi connectivity index (χ4v) is 4.46. The zero-order valence-electron chi connectivity index (χ0n) is 20.1. The smallest absolute Gasteiger partial charge is 0.384 e. The summed E-state index contributed by atoms with van der Waals surface area (Å²) in [5.74, 6) is -0.399. The maximum atomic E-state index is 13.8. The number of hydrogen-bond donors (Lipinski definition) is 3. The molecule has 3 aromatic carbocycles. The van der Waals surface area contributed by atoms with Gasteiger partial charge in [-0.2, -0.15) is 13.2 Å². The van der Waals surface area contributed by atoms with Gasteiger partial charge in [-0.15, -0.1) is 0 Å². The average Bonchev–Trinajstić information content (AvgIpc) is 2.98. The van der Waals surface area contributed by atoms with Gasteiger partial charge in [0.05, 0.1) is 34.0 Å². The summed E-state index contributed by atoms with van der Waals surface area (Å²) in [5.41, 5.74) is 1.33. The Morgan fingerprint density at radius 2 is 1.68 bits per heavy atom. The SMILES string of the molecule is CC(C)CNc1cc2c(cc1C(F)(F)F)NC(=O)CC(c1cccc(-c3cccc(S(N)(=O)=O)c3)c1)=N2. The number of carbonyl (C=O) groups is 1. The number of nitrogens with zero attached hydrogens (tertiary/aromatic N) is 1. The van der Waals surface area contributed by atoms with Crippen LogP contribution in [0.3, 0.4) is 0 Å². The lowest BCUT2D eigenvalue weighted by Gasteiger charge is -2.18. The highest BCUT2D eigenvalue weighted by atomic mass is 32.2. The van der Waals surface area contributed by atoms with Crippen LogP contribution in [0, 0.1) is 5.92 Å². The van der Waals surface area contributed by atoms with Crippen molar-refractivity contribution >= 4 is 38.7 Å². The number of rotatable bonds is 6. The van der Waals surface area contributed by atoms with E-state index in [2.05, 4.69) is 15.6 Å². The summed E-state index contributed by atoms with van der Waals surface area (Å²) < 4.78 is 64.8. The first-order valence-corrected chi connectivity index (χ1v) is 13.0. The number of sulfonamides is 1. The van der Waals surface area contributed by atoms with Crippen LogP contribution in [-0.4, -0.2) is 26.6 Å². The molecule has 1 heterocycles. The van der Waals surface area contributed by atoms with Crippen molar-refractivity contribution in [1.29, 1.82) is 0 Å². The number of nitrogens with two attached hydrogens (primary N) is 1. The van der Waals surface area contributed by atoms with Gasteiger partial charge in [0, 0.05) is 12.2 Å². The predicted octanol–water partition coefficient (Wildman–Crippen LogP) is 5.55. The Hall–Kier alpha value is -3.70. The highest BCUT2D eigenvalue weighted by molar-refractivity contribution is 7.89. The Morgan fingerprint density at radius 3 is 2.32 bits per heavy atom. The van der Waals surface area contributed by atoms with Crippen LogP contribution in [0.15, 0.2) is 70.6 Å². The number of nitrogens with one attached hydrogen (secondary N) is 2. The molecule has 0 bridgehead atoms. The molecule has 194 valence electrons. The van der Waals surface area contributed by atoms with Crippen molar-refractivity contribution in [2.45, 2.75) is 31.3 Å². The second kappa shape index (κ2) is 9.98. The van der Waals surface area contributed by atoms with Gasteiger partial charge in [-0.1, -0.05) is 44.2 Å². The average molecular weight is 531 g/mol. The lowest BCUT2D eigenvalue weighted by Crippen LogP contribution is -2.17. The molecule has 0 atom stereocenters. The molecule has 0 saturated carbocycles. The Kier molecular flexibility index (Phi) is 7.11. The van der Waals surface area contributed by atoms with Crippen LogP contribution in [0.4, 0.5) is 30.2 Å². The van der Waals surface area contributed by atoms with E-state index < -0.39 is 27.7 Å². The normalized spacial score (nSPS) is 14.0. The third kappa shape index (κ3) is 6.17. The van der Waals surface area contributed by atoms with Gasteiger partial charge in [0.25, 0.3) is 0 Å². The molecule has 0 aliphatic carbocycles. The maximum Gasteiger partial charge on any atom is 0.418 e. The van der Waals surface area contributed by atoms with Crippen LogP contribution in [0.1, 0.15) is 31.4 Å². The molecule has 11 heteroatoms. The molecule has 1 aliphatic heterocycles. The molecule has 4 rings (SSSR count). The molecule has 0 aromatic heterocycles. The van der Waals surface area contributed by atoms with E-state index in [0.717, 1.165) is 6.07 Å². The Labute approximate surface area is 212 Å². The minimum absolute atomic E-state index is 0.0283. The lowest BCUT2D eigenvalue weighted by molar-refractivity contribution is -0.137. The van der Waals surface area contributed by atoms with Crippen molar-refractivity contribution in [2.24, 2.45) is 16.0 Å². The molecule has 0 fully saturated rings. The number of anilines is 2. The molecular weight excluding hydrogens is 505 g/mol. The number of alkyl halides is 3. The maximum absolute atomic E-state index is 13.8. The molecule has 0 unspecified atom stereocenters. The number of fused-ring (bicyclic) bond motifs is 1. The van der Waals surface area contributed by atoms with Crippen molar-refractivity contribution in [1.82, 2.24) is 0 Å². The number of aliphatic imine (C=N–C) groups is 1. The van der Waals surface area contributed by atoms with Crippen LogP contribution < -0.4 is 15.8 Å².